The summed E-state index contributed by atoms with van der Waals surface area (Å²) in [5.41, 5.74) is 1.70. The fraction of sp³-hybridized carbons (Fsp3) is 0.667. The number of hydrogen-bond donors (Lipinski definition) is 1. The van der Waals surface area contributed by atoms with Crippen molar-refractivity contribution in [2.45, 2.75) is 57.8 Å². The van der Waals surface area contributed by atoms with Gasteiger partial charge in [0.05, 0.1) is 23.4 Å². The number of hydrogen-bond acceptors (Lipinski definition) is 4. The van der Waals surface area contributed by atoms with Crippen molar-refractivity contribution in [2.24, 2.45) is 11.3 Å². The molecule has 5 nitrogen and oxygen atoms in total. The lowest BCUT2D eigenvalue weighted by Gasteiger charge is -2.45. The number of rotatable bonds is 8. The number of halogens is 1. The topological polar surface area (TPSA) is 72.5 Å². The summed E-state index contributed by atoms with van der Waals surface area (Å²) in [6, 6.07) is 5.41. The molecule has 3 rings (SSSR count). The second-order valence-corrected chi connectivity index (χ2v) is 10.5. The molecule has 1 aromatic carbocycles. The van der Waals surface area contributed by atoms with E-state index >= 15 is 0 Å². The summed E-state index contributed by atoms with van der Waals surface area (Å²) in [5.74, 6) is 0.710. The van der Waals surface area contributed by atoms with Gasteiger partial charge in [-0.1, -0.05) is 43.4 Å². The highest BCUT2D eigenvalue weighted by Gasteiger charge is 2.39. The molecule has 1 N–H and O–H groups in total. The normalized spacial score (nSPS) is 24.7. The van der Waals surface area contributed by atoms with Gasteiger partial charge in [0.15, 0.2) is 0 Å². The van der Waals surface area contributed by atoms with Crippen molar-refractivity contribution < 1.29 is 17.4 Å². The summed E-state index contributed by atoms with van der Waals surface area (Å²) in [4.78, 5) is 12.8. The maximum Gasteiger partial charge on any atom is 0.264 e. The van der Waals surface area contributed by atoms with Gasteiger partial charge in [-0.05, 0) is 61.1 Å². The van der Waals surface area contributed by atoms with Crippen LogP contribution in [0.2, 0.25) is 5.02 Å². The summed E-state index contributed by atoms with van der Waals surface area (Å²) >= 11 is 6.27. The molecule has 2 fully saturated rings. The molecule has 2 bridgehead atoms. The van der Waals surface area contributed by atoms with Gasteiger partial charge in [0, 0.05) is 6.54 Å². The van der Waals surface area contributed by atoms with Gasteiger partial charge in [-0.15, -0.1) is 0 Å². The minimum Gasteiger partial charge on any atom is -0.351 e. The van der Waals surface area contributed by atoms with Gasteiger partial charge in [-0.25, -0.2) is 0 Å². The van der Waals surface area contributed by atoms with Gasteiger partial charge in [-0.2, -0.15) is 8.42 Å². The highest BCUT2D eigenvalue weighted by atomic mass is 35.5. The summed E-state index contributed by atoms with van der Waals surface area (Å²) in [7, 11) is -3.42. The number of amides is 1. The van der Waals surface area contributed by atoms with Crippen LogP contribution in [0.1, 0.15) is 67.3 Å². The molecule has 156 valence electrons. The van der Waals surface area contributed by atoms with Crippen LogP contribution >= 0.6 is 11.6 Å². The Balaban J connectivity index is 1.57. The number of aryl methyl sites for hydroxylation is 1. The average molecular weight is 428 g/mol. The monoisotopic (exact) mass is 427 g/mol. The average Bonchev–Trinajstić information content (AvgIpc) is 2.64. The Kier molecular flexibility index (Phi) is 7.05. The third-order valence-electron chi connectivity index (χ3n) is 6.17. The molecule has 2 aliphatic carbocycles. The molecular formula is C21H30ClNO4S. The van der Waals surface area contributed by atoms with Crippen LogP contribution in [0.15, 0.2) is 18.2 Å². The standard InChI is InChI=1S/C21H30ClNO4S/c1-28(25,26)27-12-4-7-16-8-9-19(22)18(13-16)20(24)23-15-21-10-2-5-17(14-21)6-3-11-21/h8-9,13,17H,2-7,10-12,14-15H2,1H3,(H,23,24). The van der Waals surface area contributed by atoms with Crippen molar-refractivity contribution >= 4 is 27.6 Å². The molecule has 0 aliphatic heterocycles. The number of fused-ring (bicyclic) bond motifs is 2. The van der Waals surface area contributed by atoms with E-state index in [2.05, 4.69) is 5.32 Å². The SMILES string of the molecule is CS(=O)(=O)OCCCc1ccc(Cl)c(C(=O)NCC23CCCC(CCC2)C3)c1. The number of carbonyl (C=O) groups is 1. The minimum absolute atomic E-state index is 0.124. The molecular weight excluding hydrogens is 398 g/mol. The van der Waals surface area contributed by atoms with Crippen LogP contribution in [0.25, 0.3) is 0 Å². The van der Waals surface area contributed by atoms with E-state index in [0.717, 1.165) is 24.3 Å². The van der Waals surface area contributed by atoms with Crippen molar-refractivity contribution in [1.29, 1.82) is 0 Å². The summed E-state index contributed by atoms with van der Waals surface area (Å²) < 4.78 is 26.8. The van der Waals surface area contributed by atoms with Gasteiger partial charge in [0.25, 0.3) is 16.0 Å². The molecule has 2 aliphatic rings. The van der Waals surface area contributed by atoms with Crippen LogP contribution in [0.4, 0.5) is 0 Å². The fourth-order valence-corrected chi connectivity index (χ4v) is 5.45. The van der Waals surface area contributed by atoms with Crippen molar-refractivity contribution in [3.63, 3.8) is 0 Å². The Morgan fingerprint density at radius 2 is 2.00 bits per heavy atom. The fourth-order valence-electron chi connectivity index (χ4n) is 4.82. The molecule has 0 unspecified atom stereocenters. The molecule has 0 radical (unpaired) electrons. The molecule has 0 aromatic heterocycles. The quantitative estimate of drug-likeness (QED) is 0.494. The molecule has 0 spiro atoms. The van der Waals surface area contributed by atoms with E-state index in [4.69, 9.17) is 15.8 Å². The Morgan fingerprint density at radius 1 is 1.29 bits per heavy atom. The van der Waals surface area contributed by atoms with E-state index in [1.165, 1.54) is 44.9 Å². The first-order valence-corrected chi connectivity index (χ1v) is 12.4. The maximum absolute atomic E-state index is 12.8. The first-order chi connectivity index (χ1) is 13.3. The van der Waals surface area contributed by atoms with Crippen molar-refractivity contribution in [3.8, 4) is 0 Å². The molecule has 1 aromatic rings. The van der Waals surface area contributed by atoms with E-state index in [1.807, 2.05) is 6.07 Å². The highest BCUT2D eigenvalue weighted by Crippen LogP contribution is 2.48. The Labute approximate surface area is 173 Å². The lowest BCUT2D eigenvalue weighted by atomic mass is 9.62. The van der Waals surface area contributed by atoms with Crippen LogP contribution in [-0.4, -0.2) is 33.7 Å². The first-order valence-electron chi connectivity index (χ1n) is 10.2. The molecule has 28 heavy (non-hydrogen) atoms. The van der Waals surface area contributed by atoms with Crippen molar-refractivity contribution in [1.82, 2.24) is 5.32 Å². The van der Waals surface area contributed by atoms with Gasteiger partial charge < -0.3 is 5.32 Å². The number of benzene rings is 1. The van der Waals surface area contributed by atoms with Crippen LogP contribution in [-0.2, 0) is 20.7 Å². The van der Waals surface area contributed by atoms with Gasteiger partial charge in [-0.3, -0.25) is 8.98 Å². The van der Waals surface area contributed by atoms with Gasteiger partial charge in [0.1, 0.15) is 0 Å². The van der Waals surface area contributed by atoms with Crippen LogP contribution in [0.3, 0.4) is 0 Å². The lowest BCUT2D eigenvalue weighted by Crippen LogP contribution is -2.43. The molecule has 2 saturated carbocycles. The Bertz CT molecular complexity index is 799. The summed E-state index contributed by atoms with van der Waals surface area (Å²) in [6.07, 6.45) is 11.1. The summed E-state index contributed by atoms with van der Waals surface area (Å²) in [6.45, 7) is 0.859. The van der Waals surface area contributed by atoms with E-state index in [-0.39, 0.29) is 17.9 Å². The predicted octanol–water partition coefficient (Wildman–Crippen LogP) is 4.34. The molecule has 0 atom stereocenters. The first kappa shape index (κ1) is 21.6. The largest absolute Gasteiger partial charge is 0.351 e. The maximum atomic E-state index is 12.8. The zero-order valence-corrected chi connectivity index (χ0v) is 18.1. The number of nitrogens with one attached hydrogen (secondary N) is 1. The van der Waals surface area contributed by atoms with Gasteiger partial charge >= 0.3 is 0 Å². The highest BCUT2D eigenvalue weighted by molar-refractivity contribution is 7.85. The minimum atomic E-state index is -3.42. The Morgan fingerprint density at radius 3 is 2.68 bits per heavy atom. The van der Waals surface area contributed by atoms with E-state index < -0.39 is 10.1 Å². The van der Waals surface area contributed by atoms with Gasteiger partial charge in [0.2, 0.25) is 0 Å². The van der Waals surface area contributed by atoms with Crippen molar-refractivity contribution in [3.05, 3.63) is 34.3 Å². The second-order valence-electron chi connectivity index (χ2n) is 8.48. The zero-order valence-electron chi connectivity index (χ0n) is 16.5. The van der Waals surface area contributed by atoms with Crippen LogP contribution in [0, 0.1) is 11.3 Å². The smallest absolute Gasteiger partial charge is 0.264 e. The molecule has 7 heteroatoms. The zero-order chi connectivity index (χ0) is 20.2. The van der Waals surface area contributed by atoms with Crippen molar-refractivity contribution in [2.75, 3.05) is 19.4 Å². The number of carbonyl (C=O) groups excluding carboxylic acids is 1. The second kappa shape index (κ2) is 9.14. The molecule has 0 heterocycles. The molecule has 0 saturated heterocycles. The molecule has 1 amide bonds. The Hall–Kier alpha value is -1.11. The third kappa shape index (κ3) is 5.94. The van der Waals surface area contributed by atoms with E-state index in [0.29, 0.717) is 23.4 Å². The lowest BCUT2D eigenvalue weighted by molar-refractivity contribution is 0.0681. The third-order valence-corrected chi connectivity index (χ3v) is 7.09. The summed E-state index contributed by atoms with van der Waals surface area (Å²) in [5, 5.41) is 3.58. The van der Waals surface area contributed by atoms with Crippen LogP contribution in [0.5, 0.6) is 0 Å². The van der Waals surface area contributed by atoms with E-state index in [1.54, 1.807) is 12.1 Å². The van der Waals surface area contributed by atoms with E-state index in [9.17, 15) is 13.2 Å². The van der Waals surface area contributed by atoms with Crippen LogP contribution < -0.4 is 5.32 Å². The predicted molar refractivity (Wildman–Crippen MR) is 111 cm³/mol.